The summed E-state index contributed by atoms with van der Waals surface area (Å²) in [5.41, 5.74) is 0. The van der Waals surface area contributed by atoms with E-state index in [4.69, 9.17) is 9.90 Å². The van der Waals surface area contributed by atoms with Crippen LogP contribution in [0.5, 0.6) is 0 Å². The van der Waals surface area contributed by atoms with Gasteiger partial charge < -0.3 is 20.2 Å². The maximum Gasteiger partial charge on any atom is 0.300 e. The fourth-order valence-electron chi connectivity index (χ4n) is 3.44. The predicted octanol–water partition coefficient (Wildman–Crippen LogP) is 0.183. The highest BCUT2D eigenvalue weighted by Gasteiger charge is 2.48. The fraction of sp³-hybridized carbons (Fsp3) is 0.857. The molecule has 1 aliphatic carbocycles. The summed E-state index contributed by atoms with van der Waals surface area (Å²) >= 11 is 0. The molecule has 3 N–H and O–H groups in total. The molecule has 0 radical (unpaired) electrons. The van der Waals surface area contributed by atoms with Gasteiger partial charge in [-0.3, -0.25) is 9.59 Å². The van der Waals surface area contributed by atoms with E-state index in [1.807, 2.05) is 11.8 Å². The second kappa shape index (κ2) is 7.59. The minimum atomic E-state index is -0.833. The van der Waals surface area contributed by atoms with E-state index in [-0.39, 0.29) is 31.0 Å². The van der Waals surface area contributed by atoms with Gasteiger partial charge in [0, 0.05) is 39.6 Å². The number of carboxylic acid groups (broad SMARTS) is 1. The van der Waals surface area contributed by atoms with Gasteiger partial charge in [0.15, 0.2) is 0 Å². The minimum Gasteiger partial charge on any atom is -0.481 e. The molecule has 6 heteroatoms. The van der Waals surface area contributed by atoms with Gasteiger partial charge in [-0.05, 0) is 30.1 Å². The molecule has 4 atom stereocenters. The van der Waals surface area contributed by atoms with Gasteiger partial charge in [-0.15, -0.1) is 0 Å². The molecule has 0 unspecified atom stereocenters. The molecule has 1 saturated carbocycles. The Morgan fingerprint density at radius 3 is 1.80 bits per heavy atom. The van der Waals surface area contributed by atoms with Crippen molar-refractivity contribution in [2.45, 2.75) is 26.7 Å². The van der Waals surface area contributed by atoms with Crippen LogP contribution in [0, 0.1) is 23.7 Å². The van der Waals surface area contributed by atoms with Crippen LogP contribution in [0.2, 0.25) is 0 Å². The quantitative estimate of drug-likeness (QED) is 0.688. The van der Waals surface area contributed by atoms with Crippen LogP contribution in [0.1, 0.15) is 26.7 Å². The number of aliphatic hydroxyl groups is 2. The lowest BCUT2D eigenvalue weighted by atomic mass is 9.91. The molecule has 116 valence electrons. The van der Waals surface area contributed by atoms with Crippen molar-refractivity contribution in [3.63, 3.8) is 0 Å². The zero-order valence-corrected chi connectivity index (χ0v) is 12.2. The number of amides is 1. The van der Waals surface area contributed by atoms with Crippen LogP contribution in [-0.2, 0) is 9.59 Å². The Hall–Kier alpha value is -1.14. The summed E-state index contributed by atoms with van der Waals surface area (Å²) in [6.45, 7) is 4.89. The topological polar surface area (TPSA) is 98.1 Å². The molecule has 0 bridgehead atoms. The van der Waals surface area contributed by atoms with Crippen molar-refractivity contribution in [2.24, 2.45) is 23.7 Å². The summed E-state index contributed by atoms with van der Waals surface area (Å²) < 4.78 is 0. The van der Waals surface area contributed by atoms with Crippen LogP contribution >= 0.6 is 0 Å². The Morgan fingerprint density at radius 2 is 1.50 bits per heavy atom. The van der Waals surface area contributed by atoms with Crippen LogP contribution in [-0.4, -0.2) is 58.4 Å². The van der Waals surface area contributed by atoms with E-state index in [1.54, 1.807) is 0 Å². The number of aliphatic hydroxyl groups excluding tert-OH is 2. The first-order chi connectivity index (χ1) is 9.44. The summed E-state index contributed by atoms with van der Waals surface area (Å²) in [5.74, 6) is 0.715. The molecule has 0 aromatic rings. The zero-order valence-electron chi connectivity index (χ0n) is 12.2. The number of fused-ring (bicyclic) bond motifs is 1. The summed E-state index contributed by atoms with van der Waals surface area (Å²) in [7, 11) is 0. The third kappa shape index (κ3) is 3.93. The van der Waals surface area contributed by atoms with E-state index in [2.05, 4.69) is 0 Å². The maximum absolute atomic E-state index is 11.6. The summed E-state index contributed by atoms with van der Waals surface area (Å²) in [5, 5.41) is 26.1. The number of hydrogen-bond donors (Lipinski definition) is 3. The van der Waals surface area contributed by atoms with Gasteiger partial charge in [0.05, 0.1) is 0 Å². The number of likely N-dealkylation sites (tertiary alicyclic amines) is 1. The van der Waals surface area contributed by atoms with Crippen molar-refractivity contribution in [3.05, 3.63) is 0 Å². The minimum absolute atomic E-state index is 0.186. The van der Waals surface area contributed by atoms with Crippen molar-refractivity contribution in [2.75, 3.05) is 26.3 Å². The van der Waals surface area contributed by atoms with Gasteiger partial charge in [0.1, 0.15) is 0 Å². The van der Waals surface area contributed by atoms with Crippen molar-refractivity contribution in [1.29, 1.82) is 0 Å². The molecule has 0 aromatic heterocycles. The van der Waals surface area contributed by atoms with E-state index in [9.17, 15) is 15.0 Å². The third-order valence-corrected chi connectivity index (χ3v) is 4.35. The Labute approximate surface area is 119 Å². The molecule has 2 aliphatic rings. The second-order valence-corrected chi connectivity index (χ2v) is 5.62. The summed E-state index contributed by atoms with van der Waals surface area (Å²) in [6.07, 6.45) is 1.46. The molecule has 20 heavy (non-hydrogen) atoms. The molecule has 1 amide bonds. The molecule has 1 heterocycles. The molecular weight excluding hydrogens is 262 g/mol. The predicted molar refractivity (Wildman–Crippen MR) is 72.9 cm³/mol. The normalized spacial score (nSPS) is 31.5. The molecule has 1 aliphatic heterocycles. The lowest BCUT2D eigenvalue weighted by molar-refractivity contribution is -0.134. The van der Waals surface area contributed by atoms with Gasteiger partial charge in [-0.2, -0.15) is 0 Å². The first-order valence-corrected chi connectivity index (χ1v) is 7.13. The lowest BCUT2D eigenvalue weighted by Gasteiger charge is -2.20. The Balaban J connectivity index is 0.000000444. The second-order valence-electron chi connectivity index (χ2n) is 5.62. The van der Waals surface area contributed by atoms with Gasteiger partial charge in [0.2, 0.25) is 5.91 Å². The highest BCUT2D eigenvalue weighted by Crippen LogP contribution is 2.45. The van der Waals surface area contributed by atoms with E-state index in [1.165, 1.54) is 0 Å². The van der Waals surface area contributed by atoms with Crippen molar-refractivity contribution in [3.8, 4) is 0 Å². The van der Waals surface area contributed by atoms with Crippen LogP contribution in [0.25, 0.3) is 0 Å². The summed E-state index contributed by atoms with van der Waals surface area (Å²) in [6, 6.07) is 0. The Bertz CT molecular complexity index is 324. The largest absolute Gasteiger partial charge is 0.481 e. The number of hydrogen-bond acceptors (Lipinski definition) is 4. The number of carbonyl (C=O) groups is 2. The highest BCUT2D eigenvalue weighted by atomic mass is 16.4. The zero-order chi connectivity index (χ0) is 15.3. The first kappa shape index (κ1) is 16.9. The average Bonchev–Trinajstić information content (AvgIpc) is 2.95. The number of carboxylic acids is 1. The van der Waals surface area contributed by atoms with E-state index >= 15 is 0 Å². The first-order valence-electron chi connectivity index (χ1n) is 7.13. The SMILES string of the molecule is CC(=O)O.CCC(=O)N1C[C@@H]2[C@H](CO)C[C@H](CO)[C@@H]2C1. The Morgan fingerprint density at radius 1 is 1.10 bits per heavy atom. The van der Waals surface area contributed by atoms with Crippen LogP contribution in [0.4, 0.5) is 0 Å². The smallest absolute Gasteiger partial charge is 0.300 e. The van der Waals surface area contributed by atoms with Crippen LogP contribution in [0.15, 0.2) is 0 Å². The number of aliphatic carboxylic acids is 1. The van der Waals surface area contributed by atoms with Crippen molar-refractivity contribution in [1.82, 2.24) is 4.90 Å². The van der Waals surface area contributed by atoms with Gasteiger partial charge in [-0.25, -0.2) is 0 Å². The van der Waals surface area contributed by atoms with Gasteiger partial charge in [-0.1, -0.05) is 6.92 Å². The van der Waals surface area contributed by atoms with E-state index in [0.717, 1.165) is 26.4 Å². The standard InChI is InChI=1S/C12H21NO3.C2H4O2/c1-2-12(16)13-4-10-8(6-14)3-9(7-15)11(10)5-13;1-2(3)4/h8-11,14-15H,2-7H2,1H3;1H3,(H,3,4)/t8-,9+,10+,11-;. The number of nitrogens with zero attached hydrogens (tertiary/aromatic N) is 1. The number of carbonyl (C=O) groups excluding carboxylic acids is 1. The van der Waals surface area contributed by atoms with Crippen LogP contribution < -0.4 is 0 Å². The molecule has 0 spiro atoms. The molecule has 2 fully saturated rings. The maximum atomic E-state index is 11.6. The monoisotopic (exact) mass is 287 g/mol. The average molecular weight is 287 g/mol. The summed E-state index contributed by atoms with van der Waals surface area (Å²) in [4.78, 5) is 22.5. The molecule has 0 aromatic carbocycles. The Kier molecular flexibility index (Phi) is 6.42. The van der Waals surface area contributed by atoms with Crippen LogP contribution in [0.3, 0.4) is 0 Å². The third-order valence-electron chi connectivity index (χ3n) is 4.35. The van der Waals surface area contributed by atoms with E-state index in [0.29, 0.717) is 18.3 Å². The van der Waals surface area contributed by atoms with Crippen molar-refractivity contribution >= 4 is 11.9 Å². The molecular formula is C14H25NO5. The molecule has 6 nitrogen and oxygen atoms in total. The van der Waals surface area contributed by atoms with Gasteiger partial charge >= 0.3 is 0 Å². The van der Waals surface area contributed by atoms with Crippen molar-refractivity contribution < 1.29 is 24.9 Å². The highest BCUT2D eigenvalue weighted by molar-refractivity contribution is 5.76. The molecule has 1 saturated heterocycles. The van der Waals surface area contributed by atoms with E-state index < -0.39 is 5.97 Å². The number of rotatable bonds is 3. The lowest BCUT2D eigenvalue weighted by Crippen LogP contribution is -2.30. The fourth-order valence-corrected chi connectivity index (χ4v) is 3.44. The molecule has 2 rings (SSSR count). The van der Waals surface area contributed by atoms with Gasteiger partial charge in [0.25, 0.3) is 5.97 Å².